The maximum Gasteiger partial charge on any atom is 0.0175 e. The maximum absolute atomic E-state index is 3.52. The molecule has 1 saturated carbocycles. The van der Waals surface area contributed by atoms with E-state index in [0.29, 0.717) is 5.41 Å². The molecule has 24 heavy (non-hydrogen) atoms. The molecule has 1 heteroatoms. The van der Waals surface area contributed by atoms with Crippen molar-refractivity contribution in [3.05, 3.63) is 58.6 Å². The summed E-state index contributed by atoms with van der Waals surface area (Å²) in [6, 6.07) is 18.1. The van der Waals surface area contributed by atoms with Crippen molar-refractivity contribution in [3.63, 3.8) is 0 Å². The van der Waals surface area contributed by atoms with Crippen LogP contribution in [0, 0.1) is 0 Å². The zero-order valence-electron chi connectivity index (χ0n) is 14.9. The largest absolute Gasteiger partial charge is 0.0654 e. The molecule has 3 rings (SSSR count). The molecule has 0 heterocycles. The Hall–Kier alpha value is -1.08. The second kappa shape index (κ2) is 8.34. The van der Waals surface area contributed by atoms with Crippen molar-refractivity contribution in [1.29, 1.82) is 0 Å². The third kappa shape index (κ3) is 4.11. The molecule has 128 valence electrons. The standard InChI is InChI=1S/C23H29Br/c1-2-3-5-16-23(17-6-4-7-18-23)21-12-8-19(9-13-21)20-10-14-22(24)15-11-20/h8-15H,2-7,16-18H2,1H3. The highest BCUT2D eigenvalue weighted by Crippen LogP contribution is 2.43. The fourth-order valence-electron chi connectivity index (χ4n) is 4.28. The molecule has 0 saturated heterocycles. The van der Waals surface area contributed by atoms with E-state index >= 15 is 0 Å². The zero-order chi connectivity index (χ0) is 16.8. The van der Waals surface area contributed by atoms with Crippen molar-refractivity contribution in [2.45, 2.75) is 70.1 Å². The summed E-state index contributed by atoms with van der Waals surface area (Å²) in [5.41, 5.74) is 4.66. The molecular formula is C23H29Br. The minimum atomic E-state index is 0.450. The molecule has 0 amide bonds. The van der Waals surface area contributed by atoms with Crippen molar-refractivity contribution in [2.75, 3.05) is 0 Å². The lowest BCUT2D eigenvalue weighted by Gasteiger charge is -2.38. The van der Waals surface area contributed by atoms with Crippen LogP contribution in [0.5, 0.6) is 0 Å². The predicted molar refractivity (Wildman–Crippen MR) is 108 cm³/mol. The summed E-state index contributed by atoms with van der Waals surface area (Å²) in [5.74, 6) is 0. The van der Waals surface area contributed by atoms with E-state index in [1.165, 1.54) is 68.9 Å². The normalized spacial score (nSPS) is 16.9. The molecule has 1 aliphatic rings. The van der Waals surface area contributed by atoms with Gasteiger partial charge in [0.25, 0.3) is 0 Å². The van der Waals surface area contributed by atoms with Gasteiger partial charge in [0.2, 0.25) is 0 Å². The number of hydrogen-bond acceptors (Lipinski definition) is 0. The SMILES string of the molecule is CCCCCC1(c2ccc(-c3ccc(Br)cc3)cc2)CCCCC1. The van der Waals surface area contributed by atoms with E-state index in [2.05, 4.69) is 71.4 Å². The molecule has 1 fully saturated rings. The maximum atomic E-state index is 3.52. The minimum Gasteiger partial charge on any atom is -0.0654 e. The molecule has 0 aliphatic heterocycles. The van der Waals surface area contributed by atoms with Gasteiger partial charge in [0, 0.05) is 4.47 Å². The molecule has 0 aromatic heterocycles. The van der Waals surface area contributed by atoms with Crippen molar-refractivity contribution < 1.29 is 0 Å². The predicted octanol–water partition coefficient (Wildman–Crippen LogP) is 7.90. The van der Waals surface area contributed by atoms with Crippen LogP contribution in [0.25, 0.3) is 11.1 Å². The van der Waals surface area contributed by atoms with Crippen molar-refractivity contribution in [1.82, 2.24) is 0 Å². The summed E-state index contributed by atoms with van der Waals surface area (Å²) in [4.78, 5) is 0. The Balaban J connectivity index is 1.81. The third-order valence-electron chi connectivity index (χ3n) is 5.74. The second-order valence-electron chi connectivity index (χ2n) is 7.38. The fraction of sp³-hybridized carbons (Fsp3) is 0.478. The van der Waals surface area contributed by atoms with Gasteiger partial charge in [-0.15, -0.1) is 0 Å². The molecule has 2 aromatic rings. The van der Waals surface area contributed by atoms with E-state index in [1.807, 2.05) is 0 Å². The van der Waals surface area contributed by atoms with Crippen LogP contribution >= 0.6 is 15.9 Å². The van der Waals surface area contributed by atoms with E-state index < -0.39 is 0 Å². The van der Waals surface area contributed by atoms with Gasteiger partial charge >= 0.3 is 0 Å². The van der Waals surface area contributed by atoms with Gasteiger partial charge in [-0.3, -0.25) is 0 Å². The van der Waals surface area contributed by atoms with Crippen LogP contribution in [0.2, 0.25) is 0 Å². The van der Waals surface area contributed by atoms with Gasteiger partial charge in [0.1, 0.15) is 0 Å². The first-order valence-electron chi connectivity index (χ1n) is 9.60. The van der Waals surface area contributed by atoms with Gasteiger partial charge in [0.05, 0.1) is 0 Å². The van der Waals surface area contributed by atoms with E-state index in [-0.39, 0.29) is 0 Å². The van der Waals surface area contributed by atoms with E-state index in [9.17, 15) is 0 Å². The van der Waals surface area contributed by atoms with Gasteiger partial charge in [-0.1, -0.05) is 97.8 Å². The molecule has 2 aromatic carbocycles. The third-order valence-corrected chi connectivity index (χ3v) is 6.27. The van der Waals surface area contributed by atoms with E-state index in [4.69, 9.17) is 0 Å². The Morgan fingerprint density at radius 3 is 1.96 bits per heavy atom. The summed E-state index contributed by atoms with van der Waals surface area (Å²) in [5, 5.41) is 0. The molecular weight excluding hydrogens is 356 g/mol. The van der Waals surface area contributed by atoms with Gasteiger partial charge in [-0.2, -0.15) is 0 Å². The Morgan fingerprint density at radius 1 is 0.792 bits per heavy atom. The lowest BCUT2D eigenvalue weighted by Crippen LogP contribution is -2.29. The van der Waals surface area contributed by atoms with Gasteiger partial charge in [0.15, 0.2) is 0 Å². The van der Waals surface area contributed by atoms with Gasteiger partial charge < -0.3 is 0 Å². The number of rotatable bonds is 6. The van der Waals surface area contributed by atoms with Crippen molar-refractivity contribution in [3.8, 4) is 11.1 Å². The van der Waals surface area contributed by atoms with Crippen LogP contribution in [-0.4, -0.2) is 0 Å². The molecule has 0 N–H and O–H groups in total. The second-order valence-corrected chi connectivity index (χ2v) is 8.30. The Bertz CT molecular complexity index is 618. The molecule has 0 radical (unpaired) electrons. The summed E-state index contributed by atoms with van der Waals surface area (Å²) >= 11 is 3.52. The number of hydrogen-bond donors (Lipinski definition) is 0. The number of benzene rings is 2. The van der Waals surface area contributed by atoms with Crippen molar-refractivity contribution in [2.24, 2.45) is 0 Å². The lowest BCUT2D eigenvalue weighted by atomic mass is 9.66. The molecule has 0 unspecified atom stereocenters. The first kappa shape index (κ1) is 17.7. The minimum absolute atomic E-state index is 0.450. The average molecular weight is 385 g/mol. The van der Waals surface area contributed by atoms with Crippen LogP contribution in [0.15, 0.2) is 53.0 Å². The first-order chi connectivity index (χ1) is 11.7. The van der Waals surface area contributed by atoms with E-state index in [1.54, 1.807) is 5.56 Å². The van der Waals surface area contributed by atoms with Gasteiger partial charge in [-0.25, -0.2) is 0 Å². The zero-order valence-corrected chi connectivity index (χ0v) is 16.4. The molecule has 1 aliphatic carbocycles. The number of halogens is 1. The number of unbranched alkanes of at least 4 members (excludes halogenated alkanes) is 2. The molecule has 0 nitrogen and oxygen atoms in total. The first-order valence-corrected chi connectivity index (χ1v) is 10.4. The van der Waals surface area contributed by atoms with Crippen LogP contribution < -0.4 is 0 Å². The van der Waals surface area contributed by atoms with Crippen LogP contribution in [-0.2, 0) is 5.41 Å². The molecule has 0 atom stereocenters. The van der Waals surface area contributed by atoms with Crippen LogP contribution in [0.4, 0.5) is 0 Å². The Morgan fingerprint density at radius 2 is 1.38 bits per heavy atom. The van der Waals surface area contributed by atoms with Crippen LogP contribution in [0.3, 0.4) is 0 Å². The molecule has 0 spiro atoms. The average Bonchev–Trinajstić information content (AvgIpc) is 2.64. The quantitative estimate of drug-likeness (QED) is 0.443. The Labute approximate surface area is 155 Å². The Kier molecular flexibility index (Phi) is 6.16. The lowest BCUT2D eigenvalue weighted by molar-refractivity contribution is 0.266. The monoisotopic (exact) mass is 384 g/mol. The van der Waals surface area contributed by atoms with Crippen molar-refractivity contribution >= 4 is 15.9 Å². The smallest absolute Gasteiger partial charge is 0.0175 e. The summed E-state index contributed by atoms with van der Waals surface area (Å²) in [6.45, 7) is 2.31. The highest BCUT2D eigenvalue weighted by molar-refractivity contribution is 9.10. The fourth-order valence-corrected chi connectivity index (χ4v) is 4.55. The van der Waals surface area contributed by atoms with E-state index in [0.717, 1.165) is 4.47 Å². The highest BCUT2D eigenvalue weighted by Gasteiger charge is 2.33. The topological polar surface area (TPSA) is 0 Å². The summed E-state index contributed by atoms with van der Waals surface area (Å²) in [7, 11) is 0. The van der Waals surface area contributed by atoms with Crippen LogP contribution in [0.1, 0.15) is 70.3 Å². The summed E-state index contributed by atoms with van der Waals surface area (Å²) < 4.78 is 1.14. The molecule has 0 bridgehead atoms. The highest BCUT2D eigenvalue weighted by atomic mass is 79.9. The summed E-state index contributed by atoms with van der Waals surface area (Å²) in [6.07, 6.45) is 12.4. The van der Waals surface area contributed by atoms with Gasteiger partial charge in [-0.05, 0) is 53.5 Å².